The van der Waals surface area contributed by atoms with Gasteiger partial charge in [0.2, 0.25) is 0 Å². The van der Waals surface area contributed by atoms with E-state index in [1.54, 1.807) is 18.2 Å². The van der Waals surface area contributed by atoms with E-state index in [1.165, 1.54) is 6.07 Å². The van der Waals surface area contributed by atoms with E-state index >= 15 is 0 Å². The fourth-order valence-corrected chi connectivity index (χ4v) is 2.93. The molecular formula is C18H20FNO2. The lowest BCUT2D eigenvalue weighted by atomic mass is 9.82. The van der Waals surface area contributed by atoms with Crippen molar-refractivity contribution < 1.29 is 14.2 Å². The molecule has 1 heterocycles. The second-order valence-electron chi connectivity index (χ2n) is 5.62. The van der Waals surface area contributed by atoms with Crippen molar-refractivity contribution in [1.82, 2.24) is 5.32 Å². The predicted molar refractivity (Wildman–Crippen MR) is 83.1 cm³/mol. The zero-order chi connectivity index (χ0) is 15.4. The minimum absolute atomic E-state index is 0.177. The number of aliphatic hydroxyl groups is 1. The Bertz CT molecular complexity index is 613. The van der Waals surface area contributed by atoms with Crippen molar-refractivity contribution >= 4 is 0 Å². The molecule has 2 N–H and O–H groups in total. The van der Waals surface area contributed by atoms with Crippen LogP contribution in [0.2, 0.25) is 0 Å². The van der Waals surface area contributed by atoms with Crippen molar-refractivity contribution in [2.45, 2.75) is 18.1 Å². The zero-order valence-corrected chi connectivity index (χ0v) is 12.3. The minimum Gasteiger partial charge on any atom is -0.382 e. The van der Waals surface area contributed by atoms with Gasteiger partial charge in [0.1, 0.15) is 17.5 Å². The van der Waals surface area contributed by atoms with E-state index in [0.717, 1.165) is 12.1 Å². The summed E-state index contributed by atoms with van der Waals surface area (Å²) >= 11 is 0. The summed E-state index contributed by atoms with van der Waals surface area (Å²) < 4.78 is 19.8. The van der Waals surface area contributed by atoms with E-state index in [-0.39, 0.29) is 12.2 Å². The molecular weight excluding hydrogens is 281 g/mol. The Morgan fingerprint density at radius 3 is 2.55 bits per heavy atom. The number of nitrogens with one attached hydrogen (secondary N) is 1. The maximum atomic E-state index is 14.0. The molecule has 0 aliphatic carbocycles. The Kier molecular flexibility index (Phi) is 4.52. The normalized spacial score (nSPS) is 21.3. The molecule has 3 rings (SSSR count). The third kappa shape index (κ3) is 3.04. The summed E-state index contributed by atoms with van der Waals surface area (Å²) in [6, 6.07) is 15.9. The molecule has 3 nitrogen and oxygen atoms in total. The monoisotopic (exact) mass is 301 g/mol. The van der Waals surface area contributed by atoms with Gasteiger partial charge in [0.25, 0.3) is 0 Å². The van der Waals surface area contributed by atoms with E-state index in [0.29, 0.717) is 18.7 Å². The molecule has 1 fully saturated rings. The SMILES string of the molecule is O[C@](Cc1ccccc1F)(c1ccccc1)[C@@H]1CNCCO1. The van der Waals surface area contributed by atoms with Gasteiger partial charge in [-0.25, -0.2) is 4.39 Å². The Morgan fingerprint density at radius 2 is 1.86 bits per heavy atom. The average Bonchev–Trinajstić information content (AvgIpc) is 2.58. The highest BCUT2D eigenvalue weighted by Gasteiger charge is 2.40. The Labute approximate surface area is 129 Å². The van der Waals surface area contributed by atoms with Gasteiger partial charge in [-0.15, -0.1) is 0 Å². The summed E-state index contributed by atoms with van der Waals surface area (Å²) in [4.78, 5) is 0. The lowest BCUT2D eigenvalue weighted by Crippen LogP contribution is -2.52. The fourth-order valence-electron chi connectivity index (χ4n) is 2.93. The average molecular weight is 301 g/mol. The topological polar surface area (TPSA) is 41.5 Å². The molecule has 2 atom stereocenters. The number of hydrogen-bond acceptors (Lipinski definition) is 3. The van der Waals surface area contributed by atoms with Gasteiger partial charge in [0.05, 0.1) is 6.61 Å². The van der Waals surface area contributed by atoms with Crippen LogP contribution in [0.3, 0.4) is 0 Å². The van der Waals surface area contributed by atoms with Crippen molar-refractivity contribution in [1.29, 1.82) is 0 Å². The molecule has 2 aromatic rings. The van der Waals surface area contributed by atoms with Crippen LogP contribution in [0.5, 0.6) is 0 Å². The van der Waals surface area contributed by atoms with Gasteiger partial charge in [-0.1, -0.05) is 48.5 Å². The summed E-state index contributed by atoms with van der Waals surface area (Å²) in [5, 5.41) is 14.6. The fraction of sp³-hybridized carbons (Fsp3) is 0.333. The lowest BCUT2D eigenvalue weighted by molar-refractivity contribution is -0.124. The van der Waals surface area contributed by atoms with Gasteiger partial charge < -0.3 is 15.2 Å². The molecule has 1 aliphatic rings. The Hall–Kier alpha value is -1.75. The highest BCUT2D eigenvalue weighted by molar-refractivity contribution is 5.29. The molecule has 0 aromatic heterocycles. The van der Waals surface area contributed by atoms with E-state index in [2.05, 4.69) is 5.32 Å². The molecule has 0 amide bonds. The minimum atomic E-state index is -1.27. The van der Waals surface area contributed by atoms with Crippen LogP contribution in [0.1, 0.15) is 11.1 Å². The van der Waals surface area contributed by atoms with Crippen molar-refractivity contribution in [2.75, 3.05) is 19.7 Å². The first-order chi connectivity index (χ1) is 10.7. The van der Waals surface area contributed by atoms with Gasteiger partial charge in [-0.3, -0.25) is 0 Å². The maximum Gasteiger partial charge on any atom is 0.126 e. The Balaban J connectivity index is 1.97. The highest BCUT2D eigenvalue weighted by atomic mass is 19.1. The van der Waals surface area contributed by atoms with Crippen LogP contribution in [0, 0.1) is 5.82 Å². The molecule has 0 bridgehead atoms. The zero-order valence-electron chi connectivity index (χ0n) is 12.3. The van der Waals surface area contributed by atoms with Crippen LogP contribution in [-0.4, -0.2) is 30.9 Å². The number of halogens is 1. The Morgan fingerprint density at radius 1 is 1.14 bits per heavy atom. The largest absolute Gasteiger partial charge is 0.382 e. The summed E-state index contributed by atoms with van der Waals surface area (Å²) in [6.07, 6.45) is -0.237. The molecule has 1 saturated heterocycles. The first kappa shape index (κ1) is 15.2. The van der Waals surface area contributed by atoms with E-state index in [4.69, 9.17) is 4.74 Å². The molecule has 0 unspecified atom stereocenters. The van der Waals surface area contributed by atoms with Crippen molar-refractivity contribution in [3.8, 4) is 0 Å². The molecule has 0 saturated carbocycles. The first-order valence-corrected chi connectivity index (χ1v) is 7.54. The summed E-state index contributed by atoms with van der Waals surface area (Å²) in [5.41, 5.74) is -0.0355. The number of benzene rings is 2. The molecule has 0 radical (unpaired) electrons. The number of hydrogen-bond donors (Lipinski definition) is 2. The van der Waals surface area contributed by atoms with Crippen molar-refractivity contribution in [3.63, 3.8) is 0 Å². The van der Waals surface area contributed by atoms with Gasteiger partial charge >= 0.3 is 0 Å². The molecule has 4 heteroatoms. The number of ether oxygens (including phenoxy) is 1. The van der Waals surface area contributed by atoms with E-state index in [9.17, 15) is 9.50 Å². The van der Waals surface area contributed by atoms with E-state index < -0.39 is 11.7 Å². The third-order valence-electron chi connectivity index (χ3n) is 4.15. The summed E-state index contributed by atoms with van der Waals surface area (Å²) in [5.74, 6) is -0.305. The molecule has 116 valence electrons. The van der Waals surface area contributed by atoms with Gasteiger partial charge in [0.15, 0.2) is 0 Å². The van der Waals surface area contributed by atoms with Gasteiger partial charge in [-0.05, 0) is 17.2 Å². The number of morpholine rings is 1. The highest BCUT2D eigenvalue weighted by Crippen LogP contribution is 2.32. The maximum absolute atomic E-state index is 14.0. The first-order valence-electron chi connectivity index (χ1n) is 7.54. The predicted octanol–water partition coefficient (Wildman–Crippen LogP) is 2.24. The second-order valence-corrected chi connectivity index (χ2v) is 5.62. The molecule has 2 aromatic carbocycles. The molecule has 1 aliphatic heterocycles. The van der Waals surface area contributed by atoms with Crippen LogP contribution in [0.25, 0.3) is 0 Å². The molecule has 22 heavy (non-hydrogen) atoms. The van der Waals surface area contributed by atoms with Crippen LogP contribution < -0.4 is 5.32 Å². The summed E-state index contributed by atoms with van der Waals surface area (Å²) in [7, 11) is 0. The van der Waals surface area contributed by atoms with Crippen LogP contribution >= 0.6 is 0 Å². The van der Waals surface area contributed by atoms with Crippen molar-refractivity contribution in [2.24, 2.45) is 0 Å². The number of rotatable bonds is 4. The standard InChI is InChI=1S/C18H20FNO2/c19-16-9-5-4-6-14(16)12-18(21,15-7-2-1-3-8-15)17-13-20-10-11-22-17/h1-9,17,20-21H,10-13H2/t17-,18+/m0/s1. The smallest absolute Gasteiger partial charge is 0.126 e. The third-order valence-corrected chi connectivity index (χ3v) is 4.15. The van der Waals surface area contributed by atoms with Crippen LogP contribution in [0.15, 0.2) is 54.6 Å². The van der Waals surface area contributed by atoms with Crippen molar-refractivity contribution in [3.05, 3.63) is 71.5 Å². The van der Waals surface area contributed by atoms with Gasteiger partial charge in [-0.2, -0.15) is 0 Å². The molecule has 0 spiro atoms. The van der Waals surface area contributed by atoms with Crippen LogP contribution in [-0.2, 0) is 16.8 Å². The lowest BCUT2D eigenvalue weighted by Gasteiger charge is -2.39. The van der Waals surface area contributed by atoms with Crippen LogP contribution in [0.4, 0.5) is 4.39 Å². The quantitative estimate of drug-likeness (QED) is 0.910. The van der Waals surface area contributed by atoms with Gasteiger partial charge in [0, 0.05) is 19.5 Å². The van der Waals surface area contributed by atoms with E-state index in [1.807, 2.05) is 30.3 Å². The second kappa shape index (κ2) is 6.57. The summed E-state index contributed by atoms with van der Waals surface area (Å²) in [6.45, 7) is 1.85.